The number of thiol groups is 1. The van der Waals surface area contributed by atoms with Crippen LogP contribution in [0.4, 0.5) is 8.78 Å². The van der Waals surface area contributed by atoms with Crippen LogP contribution in [0.25, 0.3) is 0 Å². The number of nitrogens with zero attached hydrogens (tertiary/aromatic N) is 1. The molecular formula is C25H27F2NO6S. The molecule has 5 rings (SSSR count). The van der Waals surface area contributed by atoms with Crippen molar-refractivity contribution in [2.45, 2.75) is 63.6 Å². The largest absolute Gasteiger partial charge is 0.444 e. The van der Waals surface area contributed by atoms with Gasteiger partial charge in [-0.1, -0.05) is 25.1 Å². The molecule has 0 bridgehead atoms. The Hall–Kier alpha value is -2.33. The van der Waals surface area contributed by atoms with Crippen molar-refractivity contribution >= 4 is 29.5 Å². The summed E-state index contributed by atoms with van der Waals surface area (Å²) in [5, 5.41) is 14.3. The van der Waals surface area contributed by atoms with E-state index in [4.69, 9.17) is 9.26 Å². The van der Waals surface area contributed by atoms with Gasteiger partial charge < -0.3 is 14.4 Å². The number of hydrogen-bond acceptors (Lipinski definition) is 7. The zero-order valence-corrected chi connectivity index (χ0v) is 20.4. The molecule has 0 saturated heterocycles. The summed E-state index contributed by atoms with van der Waals surface area (Å²) in [5.41, 5.74) is -7.01. The van der Waals surface area contributed by atoms with Gasteiger partial charge in [0.1, 0.15) is 12.4 Å². The van der Waals surface area contributed by atoms with Crippen molar-refractivity contribution in [2.24, 2.45) is 28.6 Å². The van der Waals surface area contributed by atoms with E-state index < -0.39 is 69.0 Å². The molecule has 4 aliphatic carbocycles. The molecule has 1 aromatic rings. The van der Waals surface area contributed by atoms with Gasteiger partial charge in [-0.2, -0.15) is 0 Å². The molecule has 0 spiro atoms. The van der Waals surface area contributed by atoms with E-state index in [0.717, 1.165) is 6.08 Å². The lowest BCUT2D eigenvalue weighted by atomic mass is 9.44. The molecule has 0 radical (unpaired) electrons. The topological polar surface area (TPSA) is 107 Å². The lowest BCUT2D eigenvalue weighted by Gasteiger charge is -2.63. The zero-order valence-electron chi connectivity index (χ0n) is 19.5. The van der Waals surface area contributed by atoms with Crippen LogP contribution in [0.2, 0.25) is 0 Å². The van der Waals surface area contributed by atoms with Crippen molar-refractivity contribution in [3.63, 3.8) is 0 Å². The summed E-state index contributed by atoms with van der Waals surface area (Å²) in [6.07, 6.45) is 1.40. The first kappa shape index (κ1) is 24.4. The van der Waals surface area contributed by atoms with Crippen LogP contribution in [0.5, 0.6) is 0 Å². The molecule has 1 N–H and O–H groups in total. The Morgan fingerprint density at radius 1 is 1.29 bits per heavy atom. The maximum absolute atomic E-state index is 17.3. The van der Waals surface area contributed by atoms with Crippen LogP contribution in [-0.2, 0) is 14.3 Å². The number of fused-ring (bicyclic) bond motifs is 5. The zero-order chi connectivity index (χ0) is 25.6. The molecule has 3 saturated carbocycles. The molecule has 1 heterocycles. The van der Waals surface area contributed by atoms with E-state index in [1.54, 1.807) is 13.8 Å². The number of halogens is 2. The minimum atomic E-state index is -2.30. The predicted molar refractivity (Wildman–Crippen MR) is 122 cm³/mol. The smallest absolute Gasteiger partial charge is 0.361 e. The fraction of sp³-hybridized carbons (Fsp3) is 0.600. The van der Waals surface area contributed by atoms with E-state index in [2.05, 4.69) is 17.8 Å². The summed E-state index contributed by atoms with van der Waals surface area (Å²) >= 11 is 4.10. The highest BCUT2D eigenvalue weighted by atomic mass is 32.1. The number of esters is 1. The first-order valence-corrected chi connectivity index (χ1v) is 12.1. The van der Waals surface area contributed by atoms with Gasteiger partial charge in [-0.05, 0) is 49.8 Å². The van der Waals surface area contributed by atoms with Crippen LogP contribution in [0, 0.1) is 28.6 Å². The summed E-state index contributed by atoms with van der Waals surface area (Å²) in [6, 6.07) is 1.29. The molecule has 188 valence electrons. The van der Waals surface area contributed by atoms with Crippen molar-refractivity contribution < 1.29 is 37.5 Å². The van der Waals surface area contributed by atoms with Crippen LogP contribution in [0.3, 0.4) is 0 Å². The number of aliphatic hydroxyl groups is 1. The van der Waals surface area contributed by atoms with Crippen molar-refractivity contribution in [3.05, 3.63) is 41.8 Å². The maximum Gasteiger partial charge on any atom is 0.361 e. The number of carbonyl (C=O) groups is 3. The number of carbonyl (C=O) groups excluding carboxylic acids is 3. The van der Waals surface area contributed by atoms with Gasteiger partial charge in [0.05, 0.1) is 6.10 Å². The molecule has 35 heavy (non-hydrogen) atoms. The molecule has 10 heteroatoms. The Morgan fingerprint density at radius 3 is 2.63 bits per heavy atom. The van der Waals surface area contributed by atoms with E-state index in [1.165, 1.54) is 31.4 Å². The van der Waals surface area contributed by atoms with E-state index in [-0.39, 0.29) is 30.5 Å². The summed E-state index contributed by atoms with van der Waals surface area (Å²) in [6.45, 7) is 4.89. The van der Waals surface area contributed by atoms with Gasteiger partial charge in [0.25, 0.3) is 0 Å². The number of aromatic nitrogens is 1. The summed E-state index contributed by atoms with van der Waals surface area (Å²) in [4.78, 5) is 38.0. The van der Waals surface area contributed by atoms with E-state index in [9.17, 15) is 19.5 Å². The third kappa shape index (κ3) is 2.86. The second-order valence-corrected chi connectivity index (χ2v) is 11.2. The van der Waals surface area contributed by atoms with E-state index in [0.29, 0.717) is 0 Å². The van der Waals surface area contributed by atoms with Gasteiger partial charge in [-0.3, -0.25) is 9.59 Å². The highest BCUT2D eigenvalue weighted by molar-refractivity contribution is 7.96. The quantitative estimate of drug-likeness (QED) is 0.476. The molecule has 0 aliphatic heterocycles. The van der Waals surface area contributed by atoms with E-state index >= 15 is 8.78 Å². The molecule has 0 aromatic carbocycles. The Kier molecular flexibility index (Phi) is 5.28. The standard InChI is InChI=1S/C25H27F2NO6S/c1-12-8-14-15-10-17(26)16-9-13(29)4-6-22(16,2)24(15,27)19(30)11-23(14,3)25(12,21(32)35)34-20(31)18-5-7-33-28-18/h4-7,9,12,14-15,17,19,30H,8,10-11H2,1-3H3,(H,32,35)/t12-,14+,15+,17+,19+,22+,23+,24+,25+/m1/s1. The molecule has 0 unspecified atom stereocenters. The predicted octanol–water partition coefficient (Wildman–Crippen LogP) is 3.59. The monoisotopic (exact) mass is 507 g/mol. The molecule has 0 amide bonds. The molecular weight excluding hydrogens is 480 g/mol. The van der Waals surface area contributed by atoms with Gasteiger partial charge in [0, 0.05) is 28.7 Å². The highest BCUT2D eigenvalue weighted by Gasteiger charge is 2.78. The number of rotatable bonds is 3. The summed E-state index contributed by atoms with van der Waals surface area (Å²) in [7, 11) is 0. The van der Waals surface area contributed by atoms with Gasteiger partial charge in [-0.25, -0.2) is 13.6 Å². The SMILES string of the molecule is C[C@@H]1C[C@H]2[C@@H]3C[C@H](F)C4=CC(=O)C=C[C@]4(C)[C@@]3(F)[C@@H](O)C[C@]2(C)[C@@]1(OC(=O)c1ccon1)C(=O)S. The van der Waals surface area contributed by atoms with Crippen LogP contribution < -0.4 is 0 Å². The van der Waals surface area contributed by atoms with Gasteiger partial charge in [-0.15, -0.1) is 12.6 Å². The molecule has 3 fully saturated rings. The fourth-order valence-electron chi connectivity index (χ4n) is 7.76. The van der Waals surface area contributed by atoms with Crippen LogP contribution in [0.1, 0.15) is 50.5 Å². The van der Waals surface area contributed by atoms with Gasteiger partial charge >= 0.3 is 5.97 Å². The minimum absolute atomic E-state index is 0.0199. The Bertz CT molecular complexity index is 1170. The van der Waals surface area contributed by atoms with E-state index in [1.807, 2.05) is 0 Å². The second-order valence-electron chi connectivity index (χ2n) is 10.8. The molecule has 1 aromatic heterocycles. The Morgan fingerprint density at radius 2 is 2.00 bits per heavy atom. The number of alkyl halides is 2. The Labute approximate surface area is 206 Å². The summed E-state index contributed by atoms with van der Waals surface area (Å²) in [5.74, 6) is -3.55. The average Bonchev–Trinajstić information content (AvgIpc) is 3.39. The lowest BCUT2D eigenvalue weighted by molar-refractivity contribution is -0.221. The Balaban J connectivity index is 1.62. The number of ether oxygens (including phenoxy) is 1. The first-order chi connectivity index (χ1) is 16.3. The van der Waals surface area contributed by atoms with Crippen LogP contribution in [-0.4, -0.2) is 50.7 Å². The van der Waals surface area contributed by atoms with Gasteiger partial charge in [0.2, 0.25) is 5.12 Å². The highest BCUT2D eigenvalue weighted by Crippen LogP contribution is 2.71. The lowest BCUT2D eigenvalue weighted by Crippen LogP contribution is -2.70. The number of aliphatic hydroxyl groups excluding tert-OH is 1. The van der Waals surface area contributed by atoms with Crippen LogP contribution in [0.15, 0.2) is 40.7 Å². The van der Waals surface area contributed by atoms with Gasteiger partial charge in [0.15, 0.2) is 22.7 Å². The van der Waals surface area contributed by atoms with Crippen molar-refractivity contribution in [1.82, 2.24) is 5.16 Å². The first-order valence-electron chi connectivity index (χ1n) is 11.7. The van der Waals surface area contributed by atoms with Crippen LogP contribution >= 0.6 is 12.6 Å². The number of ketones is 1. The molecule has 7 nitrogen and oxygen atoms in total. The third-order valence-electron chi connectivity index (χ3n) is 9.39. The molecule has 4 aliphatic rings. The summed E-state index contributed by atoms with van der Waals surface area (Å²) < 4.78 is 43.3. The number of allylic oxidation sites excluding steroid dienone is 4. The third-order valence-corrected chi connectivity index (χ3v) is 9.72. The maximum atomic E-state index is 17.3. The van der Waals surface area contributed by atoms with Crippen molar-refractivity contribution in [3.8, 4) is 0 Å². The van der Waals surface area contributed by atoms with Crippen molar-refractivity contribution in [2.75, 3.05) is 0 Å². The minimum Gasteiger partial charge on any atom is -0.444 e. The fourth-order valence-corrected chi connectivity index (χ4v) is 8.28. The normalized spacial score (nSPS) is 46.3. The molecule has 9 atom stereocenters. The second kappa shape index (κ2) is 7.59. The average molecular weight is 508 g/mol. The number of hydrogen-bond donors (Lipinski definition) is 2. The van der Waals surface area contributed by atoms with Crippen molar-refractivity contribution in [1.29, 1.82) is 0 Å².